The molecule has 1 unspecified atom stereocenters. The van der Waals surface area contributed by atoms with E-state index in [0.29, 0.717) is 12.2 Å². The van der Waals surface area contributed by atoms with E-state index in [-0.39, 0.29) is 10.8 Å². The van der Waals surface area contributed by atoms with E-state index in [9.17, 15) is 10.2 Å². The molecule has 4 nitrogen and oxygen atoms in total. The quantitative estimate of drug-likeness (QED) is 0.498. The van der Waals surface area contributed by atoms with Crippen LogP contribution in [-0.4, -0.2) is 10.2 Å². The van der Waals surface area contributed by atoms with E-state index in [0.717, 1.165) is 16.7 Å². The number of hydrogen-bond acceptors (Lipinski definition) is 4. The average Bonchev–Trinajstić information content (AvgIpc) is 2.37. The standard InChI is InChI=1S/C17H28O2.H4N2/c1-8-14(18)11-9-12(16(2,3)4)15(19)13(10-11)17(5,6)7;1-2/h9-10,14,18-19H,8H2,1-7H3;1-2H2. The lowest BCUT2D eigenvalue weighted by atomic mass is 9.78. The summed E-state index contributed by atoms with van der Waals surface area (Å²) in [5.74, 6) is 8.37. The van der Waals surface area contributed by atoms with Gasteiger partial charge in [0, 0.05) is 0 Å². The zero-order valence-corrected chi connectivity index (χ0v) is 14.5. The molecule has 0 saturated carbocycles. The smallest absolute Gasteiger partial charge is 0.123 e. The van der Waals surface area contributed by atoms with Crippen LogP contribution in [0.2, 0.25) is 0 Å². The summed E-state index contributed by atoms with van der Waals surface area (Å²) in [5.41, 5.74) is 2.42. The summed E-state index contributed by atoms with van der Waals surface area (Å²) in [6.45, 7) is 14.4. The van der Waals surface area contributed by atoms with Gasteiger partial charge in [-0.3, -0.25) is 11.7 Å². The van der Waals surface area contributed by atoms with Crippen molar-refractivity contribution in [3.63, 3.8) is 0 Å². The molecule has 0 fully saturated rings. The molecular weight excluding hydrogens is 264 g/mol. The van der Waals surface area contributed by atoms with Crippen LogP contribution in [0.15, 0.2) is 12.1 Å². The molecule has 0 bridgehead atoms. The van der Waals surface area contributed by atoms with Gasteiger partial charge in [0.1, 0.15) is 5.75 Å². The summed E-state index contributed by atoms with van der Waals surface area (Å²) >= 11 is 0. The average molecular weight is 296 g/mol. The number of aliphatic hydroxyl groups excluding tert-OH is 1. The van der Waals surface area contributed by atoms with E-state index in [1.165, 1.54) is 0 Å². The molecule has 1 atom stereocenters. The van der Waals surface area contributed by atoms with Gasteiger partial charge in [0.15, 0.2) is 0 Å². The Morgan fingerprint density at radius 2 is 1.29 bits per heavy atom. The van der Waals surface area contributed by atoms with Crippen LogP contribution in [0.25, 0.3) is 0 Å². The number of hydrazine groups is 1. The van der Waals surface area contributed by atoms with Crippen molar-refractivity contribution in [1.29, 1.82) is 0 Å². The molecule has 0 aliphatic heterocycles. The topological polar surface area (TPSA) is 92.5 Å². The van der Waals surface area contributed by atoms with Crippen LogP contribution in [0.1, 0.15) is 77.7 Å². The van der Waals surface area contributed by atoms with Crippen molar-refractivity contribution < 1.29 is 10.2 Å². The van der Waals surface area contributed by atoms with E-state index in [4.69, 9.17) is 0 Å². The van der Waals surface area contributed by atoms with Gasteiger partial charge in [-0.05, 0) is 46.1 Å². The molecule has 1 aromatic rings. The van der Waals surface area contributed by atoms with Crippen LogP contribution in [0.4, 0.5) is 0 Å². The number of aliphatic hydroxyl groups is 1. The van der Waals surface area contributed by atoms with E-state index in [1.54, 1.807) is 0 Å². The Kier molecular flexibility index (Phi) is 6.87. The van der Waals surface area contributed by atoms with Crippen molar-refractivity contribution in [3.8, 4) is 5.75 Å². The molecule has 0 spiro atoms. The number of benzene rings is 1. The third-order valence-electron chi connectivity index (χ3n) is 3.52. The highest BCUT2D eigenvalue weighted by atomic mass is 16.3. The summed E-state index contributed by atoms with van der Waals surface area (Å²) in [6, 6.07) is 3.89. The van der Waals surface area contributed by atoms with Gasteiger partial charge in [-0.2, -0.15) is 0 Å². The lowest BCUT2D eigenvalue weighted by molar-refractivity contribution is 0.173. The van der Waals surface area contributed by atoms with Gasteiger partial charge >= 0.3 is 0 Å². The molecule has 21 heavy (non-hydrogen) atoms. The fraction of sp³-hybridized carbons (Fsp3) is 0.647. The SMILES string of the molecule is CCC(O)c1cc(C(C)(C)C)c(O)c(C(C)(C)C)c1.NN. The van der Waals surface area contributed by atoms with Gasteiger partial charge in [-0.1, -0.05) is 48.5 Å². The summed E-state index contributed by atoms with van der Waals surface area (Å²) in [7, 11) is 0. The van der Waals surface area contributed by atoms with Crippen molar-refractivity contribution in [2.45, 2.75) is 71.8 Å². The fourth-order valence-corrected chi connectivity index (χ4v) is 2.23. The summed E-state index contributed by atoms with van der Waals surface area (Å²) < 4.78 is 0. The first-order valence-corrected chi connectivity index (χ1v) is 7.37. The highest BCUT2D eigenvalue weighted by Gasteiger charge is 2.27. The molecule has 1 aromatic carbocycles. The van der Waals surface area contributed by atoms with Gasteiger partial charge in [0.05, 0.1) is 6.10 Å². The normalized spacial score (nSPS) is 13.4. The second kappa shape index (κ2) is 7.25. The number of hydrogen-bond donors (Lipinski definition) is 4. The lowest BCUT2D eigenvalue weighted by Gasteiger charge is -2.29. The first kappa shape index (κ1) is 19.9. The Morgan fingerprint density at radius 3 is 1.52 bits per heavy atom. The van der Waals surface area contributed by atoms with Crippen molar-refractivity contribution in [1.82, 2.24) is 0 Å². The highest BCUT2D eigenvalue weighted by Crippen LogP contribution is 2.41. The Hall–Kier alpha value is -1.10. The molecule has 0 aromatic heterocycles. The first-order chi connectivity index (χ1) is 9.48. The molecule has 6 N–H and O–H groups in total. The van der Waals surface area contributed by atoms with Gasteiger partial charge in [-0.25, -0.2) is 0 Å². The van der Waals surface area contributed by atoms with Crippen LogP contribution >= 0.6 is 0 Å². The molecule has 122 valence electrons. The van der Waals surface area contributed by atoms with Crippen LogP contribution in [0, 0.1) is 0 Å². The Balaban J connectivity index is 0.00000191. The third kappa shape index (κ3) is 4.99. The zero-order valence-electron chi connectivity index (χ0n) is 14.5. The maximum Gasteiger partial charge on any atom is 0.123 e. The molecule has 0 aliphatic carbocycles. The minimum Gasteiger partial charge on any atom is -0.507 e. The highest BCUT2D eigenvalue weighted by molar-refractivity contribution is 5.50. The third-order valence-corrected chi connectivity index (χ3v) is 3.52. The number of aromatic hydroxyl groups is 1. The second-order valence-corrected chi connectivity index (χ2v) is 7.39. The van der Waals surface area contributed by atoms with Gasteiger partial charge in [0.25, 0.3) is 0 Å². The molecular formula is C17H32N2O2. The molecule has 1 rings (SSSR count). The van der Waals surface area contributed by atoms with Gasteiger partial charge in [-0.15, -0.1) is 0 Å². The minimum atomic E-state index is -0.470. The van der Waals surface area contributed by atoms with E-state index < -0.39 is 6.10 Å². The molecule has 0 aliphatic rings. The Labute approximate surface area is 129 Å². The van der Waals surface area contributed by atoms with Gasteiger partial charge < -0.3 is 10.2 Å². The molecule has 0 radical (unpaired) electrons. The minimum absolute atomic E-state index is 0.145. The fourth-order valence-electron chi connectivity index (χ4n) is 2.23. The van der Waals surface area contributed by atoms with Crippen molar-refractivity contribution >= 4 is 0 Å². The first-order valence-electron chi connectivity index (χ1n) is 7.37. The maximum absolute atomic E-state index is 10.6. The number of rotatable bonds is 2. The van der Waals surface area contributed by atoms with Crippen molar-refractivity contribution in [2.24, 2.45) is 11.7 Å². The van der Waals surface area contributed by atoms with Crippen LogP contribution in [-0.2, 0) is 10.8 Å². The van der Waals surface area contributed by atoms with Gasteiger partial charge in [0.2, 0.25) is 0 Å². The summed E-state index contributed by atoms with van der Waals surface area (Å²) in [6.07, 6.45) is 0.209. The molecule has 4 heteroatoms. The van der Waals surface area contributed by atoms with Crippen molar-refractivity contribution in [2.75, 3.05) is 0 Å². The number of nitrogens with two attached hydrogens (primary N) is 2. The van der Waals surface area contributed by atoms with E-state index in [2.05, 4.69) is 53.2 Å². The predicted octanol–water partition coefficient (Wildman–Crippen LogP) is 3.25. The van der Waals surface area contributed by atoms with Crippen LogP contribution in [0.3, 0.4) is 0 Å². The molecule has 0 heterocycles. The Bertz CT molecular complexity index is 422. The lowest BCUT2D eigenvalue weighted by Crippen LogP contribution is -2.18. The predicted molar refractivity (Wildman–Crippen MR) is 89.1 cm³/mol. The van der Waals surface area contributed by atoms with E-state index >= 15 is 0 Å². The van der Waals surface area contributed by atoms with Crippen LogP contribution in [0.5, 0.6) is 5.75 Å². The summed E-state index contributed by atoms with van der Waals surface area (Å²) in [5, 5.41) is 20.7. The number of phenolic OH excluding ortho intramolecular Hbond substituents is 1. The second-order valence-electron chi connectivity index (χ2n) is 7.39. The van der Waals surface area contributed by atoms with E-state index in [1.807, 2.05) is 19.1 Å². The Morgan fingerprint density at radius 1 is 0.952 bits per heavy atom. The van der Waals surface area contributed by atoms with Crippen molar-refractivity contribution in [3.05, 3.63) is 28.8 Å². The molecule has 0 saturated heterocycles. The van der Waals surface area contributed by atoms with Crippen LogP contribution < -0.4 is 11.7 Å². The number of phenols is 1. The maximum atomic E-state index is 10.6. The largest absolute Gasteiger partial charge is 0.507 e. The summed E-state index contributed by atoms with van der Waals surface area (Å²) in [4.78, 5) is 0. The monoisotopic (exact) mass is 296 g/mol. The molecule has 0 amide bonds. The zero-order chi connectivity index (χ0) is 17.0.